The van der Waals surface area contributed by atoms with Crippen LogP contribution in [0.2, 0.25) is 0 Å². The minimum Gasteiger partial charge on any atom is -0.326 e. The number of hydrogen-bond acceptors (Lipinski definition) is 3. The SMILES string of the molecule is CCC.O=C(CCCCCCC(=O)Nc1ccccc1)NO. The molecule has 0 aliphatic carbocycles. The van der Waals surface area contributed by atoms with Crippen molar-refractivity contribution in [2.24, 2.45) is 0 Å². The molecule has 0 unspecified atom stereocenters. The highest BCUT2D eigenvalue weighted by atomic mass is 16.5. The fourth-order valence-corrected chi connectivity index (χ4v) is 1.73. The van der Waals surface area contributed by atoms with Gasteiger partial charge in [0.05, 0.1) is 0 Å². The predicted molar refractivity (Wildman–Crippen MR) is 88.7 cm³/mol. The van der Waals surface area contributed by atoms with Crippen molar-refractivity contribution in [3.05, 3.63) is 30.3 Å². The van der Waals surface area contributed by atoms with Crippen molar-refractivity contribution in [3.63, 3.8) is 0 Å². The first kappa shape index (κ1) is 20.1. The Labute approximate surface area is 133 Å². The van der Waals surface area contributed by atoms with E-state index < -0.39 is 0 Å². The Kier molecular flexibility index (Phi) is 12.9. The summed E-state index contributed by atoms with van der Waals surface area (Å²) in [6.45, 7) is 4.25. The standard InChI is InChI=1S/C14H20N2O3.C3H8/c17-13(15-12-8-4-3-5-9-12)10-6-1-2-7-11-14(18)16-19;1-3-2/h3-5,8-9,19H,1-2,6-7,10-11H2,(H,15,17)(H,16,18);3H2,1-2H3. The predicted octanol–water partition coefficient (Wildman–Crippen LogP) is 3.89. The molecule has 5 heteroatoms. The second-order valence-corrected chi connectivity index (χ2v) is 5.07. The van der Waals surface area contributed by atoms with Gasteiger partial charge in [0.1, 0.15) is 0 Å². The lowest BCUT2D eigenvalue weighted by molar-refractivity contribution is -0.129. The Morgan fingerprint density at radius 2 is 1.41 bits per heavy atom. The van der Waals surface area contributed by atoms with Gasteiger partial charge in [-0.05, 0) is 25.0 Å². The summed E-state index contributed by atoms with van der Waals surface area (Å²) >= 11 is 0. The first-order valence-corrected chi connectivity index (χ1v) is 7.91. The summed E-state index contributed by atoms with van der Waals surface area (Å²) in [4.78, 5) is 22.3. The highest BCUT2D eigenvalue weighted by Crippen LogP contribution is 2.09. The first-order chi connectivity index (χ1) is 10.6. The van der Waals surface area contributed by atoms with Crippen LogP contribution in [0.5, 0.6) is 0 Å². The third kappa shape index (κ3) is 11.9. The first-order valence-electron chi connectivity index (χ1n) is 7.91. The van der Waals surface area contributed by atoms with Crippen molar-refractivity contribution >= 4 is 17.5 Å². The number of nitrogens with one attached hydrogen (secondary N) is 2. The number of amides is 2. The van der Waals surface area contributed by atoms with Crippen LogP contribution in [0, 0.1) is 0 Å². The molecule has 0 radical (unpaired) electrons. The Balaban J connectivity index is 0.00000135. The Morgan fingerprint density at radius 3 is 1.91 bits per heavy atom. The topological polar surface area (TPSA) is 78.4 Å². The van der Waals surface area contributed by atoms with Gasteiger partial charge in [-0.15, -0.1) is 0 Å². The number of hydrogen-bond donors (Lipinski definition) is 3. The van der Waals surface area contributed by atoms with Crippen molar-refractivity contribution in [3.8, 4) is 0 Å². The average Bonchev–Trinajstić information content (AvgIpc) is 2.52. The molecule has 0 bridgehead atoms. The van der Waals surface area contributed by atoms with Crippen molar-refractivity contribution < 1.29 is 14.8 Å². The lowest BCUT2D eigenvalue weighted by Crippen LogP contribution is -2.17. The summed E-state index contributed by atoms with van der Waals surface area (Å²) in [5.74, 6) is -0.346. The van der Waals surface area contributed by atoms with Crippen LogP contribution < -0.4 is 10.8 Å². The molecule has 2 amide bonds. The number of rotatable bonds is 8. The zero-order chi connectivity index (χ0) is 16.6. The van der Waals surface area contributed by atoms with E-state index in [-0.39, 0.29) is 11.8 Å². The van der Waals surface area contributed by atoms with Gasteiger partial charge in [-0.2, -0.15) is 0 Å². The van der Waals surface area contributed by atoms with E-state index in [9.17, 15) is 9.59 Å². The normalized spacial score (nSPS) is 9.41. The fourth-order valence-electron chi connectivity index (χ4n) is 1.73. The van der Waals surface area contributed by atoms with Crippen LogP contribution in [0.15, 0.2) is 30.3 Å². The molecule has 124 valence electrons. The maximum absolute atomic E-state index is 11.6. The van der Waals surface area contributed by atoms with E-state index in [0.29, 0.717) is 12.8 Å². The fraction of sp³-hybridized carbons (Fsp3) is 0.529. The molecule has 0 atom stereocenters. The maximum atomic E-state index is 11.6. The number of anilines is 1. The quantitative estimate of drug-likeness (QED) is 0.387. The van der Waals surface area contributed by atoms with Crippen molar-refractivity contribution in [2.45, 2.75) is 58.8 Å². The summed E-state index contributed by atoms with van der Waals surface area (Å²) in [5.41, 5.74) is 2.41. The van der Waals surface area contributed by atoms with Gasteiger partial charge in [0.25, 0.3) is 0 Å². The molecule has 1 aromatic rings. The molecule has 0 saturated heterocycles. The van der Waals surface area contributed by atoms with Crippen LogP contribution in [0.4, 0.5) is 5.69 Å². The summed E-state index contributed by atoms with van der Waals surface area (Å²) < 4.78 is 0. The average molecular weight is 308 g/mol. The largest absolute Gasteiger partial charge is 0.326 e. The molecule has 0 aliphatic rings. The van der Waals surface area contributed by atoms with Crippen molar-refractivity contribution in [1.29, 1.82) is 0 Å². The number of carbonyl (C=O) groups excluding carboxylic acids is 2. The second kappa shape index (κ2) is 14.1. The monoisotopic (exact) mass is 308 g/mol. The van der Waals surface area contributed by atoms with Crippen LogP contribution >= 0.6 is 0 Å². The highest BCUT2D eigenvalue weighted by molar-refractivity contribution is 5.90. The van der Waals surface area contributed by atoms with Gasteiger partial charge < -0.3 is 5.32 Å². The smallest absolute Gasteiger partial charge is 0.243 e. The molecule has 0 fully saturated rings. The van der Waals surface area contributed by atoms with Crippen LogP contribution in [-0.2, 0) is 9.59 Å². The van der Waals surface area contributed by atoms with Gasteiger partial charge in [-0.25, -0.2) is 5.48 Å². The molecule has 0 aliphatic heterocycles. The van der Waals surface area contributed by atoms with E-state index in [1.165, 1.54) is 6.42 Å². The molecular weight excluding hydrogens is 280 g/mol. The Bertz CT molecular complexity index is 408. The van der Waals surface area contributed by atoms with E-state index in [1.54, 1.807) is 5.48 Å². The number of unbranched alkanes of at least 4 members (excludes halogenated alkanes) is 3. The molecule has 3 N–H and O–H groups in total. The summed E-state index contributed by atoms with van der Waals surface area (Å²) in [5, 5.41) is 11.1. The van der Waals surface area contributed by atoms with Gasteiger partial charge in [0, 0.05) is 18.5 Å². The lowest BCUT2D eigenvalue weighted by atomic mass is 10.1. The maximum Gasteiger partial charge on any atom is 0.243 e. The lowest BCUT2D eigenvalue weighted by Gasteiger charge is -2.04. The highest BCUT2D eigenvalue weighted by Gasteiger charge is 2.02. The molecule has 1 rings (SSSR count). The van der Waals surface area contributed by atoms with E-state index in [2.05, 4.69) is 19.2 Å². The van der Waals surface area contributed by atoms with Gasteiger partial charge in [0.2, 0.25) is 11.8 Å². The molecule has 0 aromatic heterocycles. The second-order valence-electron chi connectivity index (χ2n) is 5.07. The van der Waals surface area contributed by atoms with Crippen LogP contribution in [0.1, 0.15) is 58.8 Å². The van der Waals surface area contributed by atoms with Crippen molar-refractivity contribution in [1.82, 2.24) is 5.48 Å². The molecule has 0 saturated carbocycles. The number of hydroxylamine groups is 1. The van der Waals surface area contributed by atoms with E-state index in [4.69, 9.17) is 5.21 Å². The molecular formula is C17H28N2O3. The zero-order valence-corrected chi connectivity index (χ0v) is 13.6. The number of carbonyl (C=O) groups is 2. The zero-order valence-electron chi connectivity index (χ0n) is 13.6. The summed E-state index contributed by atoms with van der Waals surface area (Å²) in [7, 11) is 0. The molecule has 1 aromatic carbocycles. The van der Waals surface area contributed by atoms with Crippen molar-refractivity contribution in [2.75, 3.05) is 5.32 Å². The van der Waals surface area contributed by atoms with Gasteiger partial charge in [-0.3, -0.25) is 14.8 Å². The minimum absolute atomic E-state index is 0.0132. The number of para-hydroxylation sites is 1. The van der Waals surface area contributed by atoms with E-state index >= 15 is 0 Å². The van der Waals surface area contributed by atoms with Gasteiger partial charge >= 0.3 is 0 Å². The molecule has 0 heterocycles. The van der Waals surface area contributed by atoms with Crippen LogP contribution in [0.3, 0.4) is 0 Å². The Morgan fingerprint density at radius 1 is 0.909 bits per heavy atom. The van der Waals surface area contributed by atoms with Crippen LogP contribution in [0.25, 0.3) is 0 Å². The Hall–Kier alpha value is -1.88. The molecule has 5 nitrogen and oxygen atoms in total. The van der Waals surface area contributed by atoms with Crippen LogP contribution in [-0.4, -0.2) is 17.0 Å². The van der Waals surface area contributed by atoms with Gasteiger partial charge in [-0.1, -0.05) is 51.3 Å². The van der Waals surface area contributed by atoms with Gasteiger partial charge in [0.15, 0.2) is 0 Å². The third-order valence-corrected chi connectivity index (χ3v) is 2.74. The third-order valence-electron chi connectivity index (χ3n) is 2.74. The summed E-state index contributed by atoms with van der Waals surface area (Å²) in [6, 6.07) is 9.36. The molecule has 22 heavy (non-hydrogen) atoms. The molecule has 0 spiro atoms. The number of benzene rings is 1. The van der Waals surface area contributed by atoms with E-state index in [1.807, 2.05) is 30.3 Å². The minimum atomic E-state index is -0.359. The summed E-state index contributed by atoms with van der Waals surface area (Å²) in [6.07, 6.45) is 5.38. The van der Waals surface area contributed by atoms with E-state index in [0.717, 1.165) is 31.4 Å².